The fraction of sp³-hybridized carbons (Fsp3) is 0.588. The van der Waals surface area contributed by atoms with E-state index in [0.717, 1.165) is 23.0 Å². The van der Waals surface area contributed by atoms with Crippen molar-refractivity contribution >= 4 is 21.8 Å². The Bertz CT molecular complexity index is 427. The van der Waals surface area contributed by atoms with Gasteiger partial charge in [0.2, 0.25) is 0 Å². The van der Waals surface area contributed by atoms with Crippen LogP contribution in [-0.2, 0) is 0 Å². The van der Waals surface area contributed by atoms with E-state index in [1.807, 2.05) is 24.3 Å². The summed E-state index contributed by atoms with van der Waals surface area (Å²) in [6.45, 7) is 4.55. The Kier molecular flexibility index (Phi) is 7.24. The normalized spacial score (nSPS) is 15.9. The summed E-state index contributed by atoms with van der Waals surface area (Å²) in [7, 11) is 0. The molecule has 0 atom stereocenters. The molecular formula is C17H25BrN2O. The minimum Gasteiger partial charge on any atom is -0.352 e. The van der Waals surface area contributed by atoms with Crippen LogP contribution in [0.15, 0.2) is 28.7 Å². The molecule has 4 heteroatoms. The predicted octanol–water partition coefficient (Wildman–Crippen LogP) is 3.84. The summed E-state index contributed by atoms with van der Waals surface area (Å²) in [5, 5.41) is 2.99. The number of piperidine rings is 1. The quantitative estimate of drug-likeness (QED) is 0.756. The van der Waals surface area contributed by atoms with Gasteiger partial charge in [-0.15, -0.1) is 0 Å². The molecule has 1 saturated heterocycles. The number of hydrogen-bond acceptors (Lipinski definition) is 2. The van der Waals surface area contributed by atoms with Gasteiger partial charge in [-0.1, -0.05) is 28.8 Å². The molecule has 1 fully saturated rings. The van der Waals surface area contributed by atoms with E-state index >= 15 is 0 Å². The molecule has 0 spiro atoms. The molecule has 2 rings (SSSR count). The van der Waals surface area contributed by atoms with Gasteiger partial charge in [-0.05, 0) is 69.6 Å². The highest BCUT2D eigenvalue weighted by atomic mass is 79.9. The van der Waals surface area contributed by atoms with Crippen molar-refractivity contribution in [2.24, 2.45) is 0 Å². The third kappa shape index (κ3) is 6.18. The molecule has 0 aliphatic carbocycles. The Balaban J connectivity index is 1.53. The number of likely N-dealkylation sites (tertiary alicyclic amines) is 1. The van der Waals surface area contributed by atoms with Gasteiger partial charge in [0.1, 0.15) is 0 Å². The molecule has 116 valence electrons. The van der Waals surface area contributed by atoms with Crippen LogP contribution in [0.3, 0.4) is 0 Å². The first-order valence-corrected chi connectivity index (χ1v) is 8.81. The lowest BCUT2D eigenvalue weighted by Crippen LogP contribution is -2.30. The van der Waals surface area contributed by atoms with Crippen molar-refractivity contribution in [1.82, 2.24) is 10.2 Å². The van der Waals surface area contributed by atoms with E-state index in [1.54, 1.807) is 0 Å². The fourth-order valence-corrected chi connectivity index (χ4v) is 2.99. The van der Waals surface area contributed by atoms with E-state index in [2.05, 4.69) is 26.1 Å². The Labute approximate surface area is 136 Å². The summed E-state index contributed by atoms with van der Waals surface area (Å²) in [5.41, 5.74) is 0.728. The van der Waals surface area contributed by atoms with Crippen LogP contribution in [-0.4, -0.2) is 37.0 Å². The molecule has 21 heavy (non-hydrogen) atoms. The first-order chi connectivity index (χ1) is 10.3. The first kappa shape index (κ1) is 16.5. The van der Waals surface area contributed by atoms with E-state index < -0.39 is 0 Å². The molecule has 1 amide bonds. The van der Waals surface area contributed by atoms with Crippen molar-refractivity contribution < 1.29 is 4.79 Å². The lowest BCUT2D eigenvalue weighted by atomic mass is 10.1. The van der Waals surface area contributed by atoms with Crippen LogP contribution in [0.4, 0.5) is 0 Å². The van der Waals surface area contributed by atoms with E-state index in [-0.39, 0.29) is 5.91 Å². The summed E-state index contributed by atoms with van der Waals surface area (Å²) in [6.07, 6.45) is 7.63. The zero-order valence-electron chi connectivity index (χ0n) is 12.6. The molecule has 0 radical (unpaired) electrons. The standard InChI is InChI=1S/C17H25BrN2O/c18-16-9-7-15(8-10-16)17(21)19-11-3-1-4-12-20-13-5-2-6-14-20/h7-10H,1-6,11-14H2,(H,19,21). The second-order valence-corrected chi connectivity index (χ2v) is 6.64. The predicted molar refractivity (Wildman–Crippen MR) is 90.6 cm³/mol. The number of hydrogen-bond donors (Lipinski definition) is 1. The van der Waals surface area contributed by atoms with Crippen molar-refractivity contribution in [2.45, 2.75) is 38.5 Å². The molecule has 0 bridgehead atoms. The highest BCUT2D eigenvalue weighted by Gasteiger charge is 2.09. The number of rotatable bonds is 7. The summed E-state index contributed by atoms with van der Waals surface area (Å²) in [6, 6.07) is 7.48. The average molecular weight is 353 g/mol. The van der Waals surface area contributed by atoms with Crippen molar-refractivity contribution in [3.8, 4) is 0 Å². The van der Waals surface area contributed by atoms with Gasteiger partial charge < -0.3 is 10.2 Å². The maximum Gasteiger partial charge on any atom is 0.251 e. The highest BCUT2D eigenvalue weighted by molar-refractivity contribution is 9.10. The molecule has 0 saturated carbocycles. The number of nitrogens with zero attached hydrogens (tertiary/aromatic N) is 1. The van der Waals surface area contributed by atoms with Gasteiger partial charge in [0.25, 0.3) is 5.91 Å². The van der Waals surface area contributed by atoms with Crippen molar-refractivity contribution in [3.63, 3.8) is 0 Å². The van der Waals surface area contributed by atoms with Gasteiger partial charge in [0.15, 0.2) is 0 Å². The number of unbranched alkanes of at least 4 members (excludes halogenated alkanes) is 2. The largest absolute Gasteiger partial charge is 0.352 e. The minimum atomic E-state index is 0.0264. The maximum absolute atomic E-state index is 11.9. The first-order valence-electron chi connectivity index (χ1n) is 8.02. The minimum absolute atomic E-state index is 0.0264. The van der Waals surface area contributed by atoms with Gasteiger partial charge >= 0.3 is 0 Å². The number of benzene rings is 1. The lowest BCUT2D eigenvalue weighted by molar-refractivity contribution is 0.0953. The van der Waals surface area contributed by atoms with Gasteiger partial charge in [0.05, 0.1) is 0 Å². The Morgan fingerprint density at radius 3 is 2.48 bits per heavy atom. The van der Waals surface area contributed by atoms with Crippen LogP contribution in [0.5, 0.6) is 0 Å². The van der Waals surface area contributed by atoms with E-state index in [0.29, 0.717) is 0 Å². The maximum atomic E-state index is 11.9. The monoisotopic (exact) mass is 352 g/mol. The van der Waals surface area contributed by atoms with Crippen LogP contribution in [0.25, 0.3) is 0 Å². The molecule has 1 N–H and O–H groups in total. The molecular weight excluding hydrogens is 328 g/mol. The topological polar surface area (TPSA) is 32.3 Å². The van der Waals surface area contributed by atoms with E-state index in [9.17, 15) is 4.79 Å². The number of carbonyl (C=O) groups is 1. The summed E-state index contributed by atoms with van der Waals surface area (Å²) < 4.78 is 0.997. The van der Waals surface area contributed by atoms with Crippen LogP contribution < -0.4 is 5.32 Å². The molecule has 1 heterocycles. The summed E-state index contributed by atoms with van der Waals surface area (Å²) in [5.74, 6) is 0.0264. The molecule has 0 unspecified atom stereocenters. The number of halogens is 1. The molecule has 1 aliphatic heterocycles. The van der Waals surface area contributed by atoms with Crippen LogP contribution >= 0.6 is 15.9 Å². The zero-order chi connectivity index (χ0) is 14.9. The SMILES string of the molecule is O=C(NCCCCCN1CCCCC1)c1ccc(Br)cc1. The zero-order valence-corrected chi connectivity index (χ0v) is 14.2. The highest BCUT2D eigenvalue weighted by Crippen LogP contribution is 2.11. The molecule has 1 aliphatic rings. The number of carbonyl (C=O) groups excluding carboxylic acids is 1. The number of amides is 1. The molecule has 3 nitrogen and oxygen atoms in total. The van der Waals surface area contributed by atoms with Crippen LogP contribution in [0, 0.1) is 0 Å². The number of nitrogens with one attached hydrogen (secondary N) is 1. The van der Waals surface area contributed by atoms with E-state index in [1.165, 1.54) is 51.7 Å². The second-order valence-electron chi connectivity index (χ2n) is 5.73. The van der Waals surface area contributed by atoms with Gasteiger partial charge in [0, 0.05) is 16.6 Å². The summed E-state index contributed by atoms with van der Waals surface area (Å²) in [4.78, 5) is 14.5. The van der Waals surface area contributed by atoms with Gasteiger partial charge in [-0.25, -0.2) is 0 Å². The molecule has 0 aromatic heterocycles. The lowest BCUT2D eigenvalue weighted by Gasteiger charge is -2.26. The Morgan fingerprint density at radius 1 is 1.05 bits per heavy atom. The summed E-state index contributed by atoms with van der Waals surface area (Å²) >= 11 is 3.37. The van der Waals surface area contributed by atoms with Crippen LogP contribution in [0.1, 0.15) is 48.9 Å². The fourth-order valence-electron chi connectivity index (χ4n) is 2.73. The smallest absolute Gasteiger partial charge is 0.251 e. The van der Waals surface area contributed by atoms with Gasteiger partial charge in [-0.3, -0.25) is 4.79 Å². The van der Waals surface area contributed by atoms with Crippen molar-refractivity contribution in [1.29, 1.82) is 0 Å². The van der Waals surface area contributed by atoms with Crippen LogP contribution in [0.2, 0.25) is 0 Å². The molecule has 1 aromatic carbocycles. The van der Waals surface area contributed by atoms with Crippen molar-refractivity contribution in [2.75, 3.05) is 26.2 Å². The van der Waals surface area contributed by atoms with Gasteiger partial charge in [-0.2, -0.15) is 0 Å². The third-order valence-electron chi connectivity index (χ3n) is 3.99. The Hall–Kier alpha value is -0.870. The molecule has 1 aromatic rings. The van der Waals surface area contributed by atoms with E-state index in [4.69, 9.17) is 0 Å². The van der Waals surface area contributed by atoms with Crippen molar-refractivity contribution in [3.05, 3.63) is 34.3 Å². The third-order valence-corrected chi connectivity index (χ3v) is 4.52. The average Bonchev–Trinajstić information content (AvgIpc) is 2.52. The Morgan fingerprint density at radius 2 is 1.76 bits per heavy atom. The second kappa shape index (κ2) is 9.21.